The molecular weight excluding hydrogens is 218 g/mol. The number of nitrogens with one attached hydrogen (secondary N) is 2. The van der Waals surface area contributed by atoms with Crippen LogP contribution < -0.4 is 10.6 Å². The minimum absolute atomic E-state index is 0.00480. The molecule has 3 fully saturated rings. The highest BCUT2D eigenvalue weighted by molar-refractivity contribution is 5.83. The topological polar surface area (TPSA) is 53.6 Å². The van der Waals surface area contributed by atoms with Crippen molar-refractivity contribution in [3.8, 4) is 0 Å². The predicted octanol–water partition coefficient (Wildman–Crippen LogP) is -0.959. The van der Waals surface area contributed by atoms with E-state index in [0.717, 1.165) is 32.7 Å². The average molecular weight is 239 g/mol. The van der Waals surface area contributed by atoms with Crippen LogP contribution in [0.1, 0.15) is 6.92 Å². The first kappa shape index (κ1) is 11.4. The predicted molar refractivity (Wildman–Crippen MR) is 63.6 cm³/mol. The summed E-state index contributed by atoms with van der Waals surface area (Å²) in [5.74, 6) is 1.56. The van der Waals surface area contributed by atoms with Crippen LogP contribution in [-0.2, 0) is 9.53 Å². The average Bonchev–Trinajstić information content (AvgIpc) is 2.88. The number of carbonyl (C=O) groups is 1. The van der Waals surface area contributed by atoms with E-state index in [0.29, 0.717) is 18.4 Å². The van der Waals surface area contributed by atoms with E-state index in [-0.39, 0.29) is 18.1 Å². The molecule has 3 aliphatic rings. The second-order valence-corrected chi connectivity index (χ2v) is 5.43. The third kappa shape index (κ3) is 2.07. The lowest BCUT2D eigenvalue weighted by atomic mass is 10.0. The van der Waals surface area contributed by atoms with Gasteiger partial charge in [-0.25, -0.2) is 0 Å². The lowest BCUT2D eigenvalue weighted by Gasteiger charge is -2.32. The van der Waals surface area contributed by atoms with Gasteiger partial charge in [-0.05, 0) is 18.8 Å². The van der Waals surface area contributed by atoms with Gasteiger partial charge in [0.05, 0.1) is 12.7 Å². The van der Waals surface area contributed by atoms with E-state index in [1.165, 1.54) is 0 Å². The normalized spacial score (nSPS) is 41.6. The Bertz CT molecular complexity index is 298. The van der Waals surface area contributed by atoms with Gasteiger partial charge in [0.2, 0.25) is 5.91 Å². The van der Waals surface area contributed by atoms with Crippen molar-refractivity contribution in [1.29, 1.82) is 0 Å². The molecule has 0 bridgehead atoms. The van der Waals surface area contributed by atoms with Crippen LogP contribution >= 0.6 is 0 Å². The molecule has 1 amide bonds. The van der Waals surface area contributed by atoms with Crippen molar-refractivity contribution in [2.45, 2.75) is 19.1 Å². The summed E-state index contributed by atoms with van der Waals surface area (Å²) in [7, 11) is 0. The molecule has 3 aliphatic heterocycles. The van der Waals surface area contributed by atoms with E-state index in [9.17, 15) is 4.79 Å². The Balaban J connectivity index is 1.62. The van der Waals surface area contributed by atoms with Crippen molar-refractivity contribution in [3.63, 3.8) is 0 Å². The lowest BCUT2D eigenvalue weighted by molar-refractivity contribution is -0.138. The molecule has 5 heteroatoms. The SMILES string of the molecule is C[C@H]1OCCN[C@@H]1C(=O)N1C[C@H]2CNC[C@H]2C1. The summed E-state index contributed by atoms with van der Waals surface area (Å²) in [4.78, 5) is 14.4. The number of rotatable bonds is 1. The van der Waals surface area contributed by atoms with Gasteiger partial charge in [-0.1, -0.05) is 0 Å². The zero-order valence-corrected chi connectivity index (χ0v) is 10.3. The summed E-state index contributed by atoms with van der Waals surface area (Å²) < 4.78 is 5.54. The third-order valence-corrected chi connectivity index (χ3v) is 4.28. The molecule has 3 rings (SSSR count). The molecule has 3 saturated heterocycles. The number of hydrogen-bond donors (Lipinski definition) is 2. The Kier molecular flexibility index (Phi) is 3.06. The fourth-order valence-electron chi connectivity index (χ4n) is 3.24. The Morgan fingerprint density at radius 3 is 2.65 bits per heavy atom. The summed E-state index contributed by atoms with van der Waals surface area (Å²) in [5.41, 5.74) is 0. The quantitative estimate of drug-likeness (QED) is 0.619. The highest BCUT2D eigenvalue weighted by atomic mass is 16.5. The van der Waals surface area contributed by atoms with Crippen LogP contribution in [0.3, 0.4) is 0 Å². The molecule has 0 radical (unpaired) electrons. The van der Waals surface area contributed by atoms with E-state index in [1.807, 2.05) is 11.8 Å². The Morgan fingerprint density at radius 1 is 1.29 bits per heavy atom. The minimum atomic E-state index is -0.143. The van der Waals surface area contributed by atoms with Crippen LogP contribution in [0, 0.1) is 11.8 Å². The van der Waals surface area contributed by atoms with Crippen molar-refractivity contribution in [2.24, 2.45) is 11.8 Å². The van der Waals surface area contributed by atoms with Crippen LogP contribution in [0.25, 0.3) is 0 Å². The van der Waals surface area contributed by atoms with Crippen LogP contribution in [-0.4, -0.2) is 62.3 Å². The molecule has 0 aromatic heterocycles. The molecule has 0 aliphatic carbocycles. The number of fused-ring (bicyclic) bond motifs is 1. The highest BCUT2D eigenvalue weighted by Gasteiger charge is 2.41. The maximum atomic E-state index is 12.4. The highest BCUT2D eigenvalue weighted by Crippen LogP contribution is 2.27. The van der Waals surface area contributed by atoms with Crippen molar-refractivity contribution in [1.82, 2.24) is 15.5 Å². The number of amides is 1. The van der Waals surface area contributed by atoms with Gasteiger partial charge < -0.3 is 20.3 Å². The molecule has 2 N–H and O–H groups in total. The smallest absolute Gasteiger partial charge is 0.242 e. The van der Waals surface area contributed by atoms with Gasteiger partial charge in [-0.3, -0.25) is 4.79 Å². The number of hydrogen-bond acceptors (Lipinski definition) is 4. The molecule has 0 aromatic rings. The standard InChI is InChI=1S/C12H21N3O2/c1-8-11(14-2-3-17-8)12(16)15-6-9-4-13-5-10(9)7-15/h8-11,13-14H,2-7H2,1H3/t8-,9-,10+,11+/m1/s1. The van der Waals surface area contributed by atoms with E-state index < -0.39 is 0 Å². The van der Waals surface area contributed by atoms with E-state index in [1.54, 1.807) is 0 Å². The molecule has 3 heterocycles. The van der Waals surface area contributed by atoms with Crippen LogP contribution in [0.2, 0.25) is 0 Å². The second kappa shape index (κ2) is 4.55. The first-order chi connectivity index (χ1) is 8.25. The monoisotopic (exact) mass is 239 g/mol. The maximum absolute atomic E-state index is 12.4. The van der Waals surface area contributed by atoms with Gasteiger partial charge in [-0.2, -0.15) is 0 Å². The molecule has 0 unspecified atom stereocenters. The summed E-state index contributed by atoms with van der Waals surface area (Å²) >= 11 is 0. The molecule has 5 nitrogen and oxygen atoms in total. The van der Waals surface area contributed by atoms with Crippen molar-refractivity contribution >= 4 is 5.91 Å². The fraction of sp³-hybridized carbons (Fsp3) is 0.917. The molecule has 4 atom stereocenters. The van der Waals surface area contributed by atoms with Crippen LogP contribution in [0.4, 0.5) is 0 Å². The first-order valence-electron chi connectivity index (χ1n) is 6.60. The van der Waals surface area contributed by atoms with Crippen molar-refractivity contribution < 1.29 is 9.53 Å². The minimum Gasteiger partial charge on any atom is -0.375 e. The van der Waals surface area contributed by atoms with E-state index >= 15 is 0 Å². The number of likely N-dealkylation sites (tertiary alicyclic amines) is 1. The van der Waals surface area contributed by atoms with Crippen LogP contribution in [0.5, 0.6) is 0 Å². The van der Waals surface area contributed by atoms with Gasteiger partial charge in [-0.15, -0.1) is 0 Å². The van der Waals surface area contributed by atoms with Crippen LogP contribution in [0.15, 0.2) is 0 Å². The third-order valence-electron chi connectivity index (χ3n) is 4.28. The number of morpholine rings is 1. The van der Waals surface area contributed by atoms with Gasteiger partial charge >= 0.3 is 0 Å². The van der Waals surface area contributed by atoms with Gasteiger partial charge in [0.1, 0.15) is 6.04 Å². The fourth-order valence-corrected chi connectivity index (χ4v) is 3.24. The molecule has 0 aromatic carbocycles. The molecule has 17 heavy (non-hydrogen) atoms. The number of carbonyl (C=O) groups excluding carboxylic acids is 1. The van der Waals surface area contributed by atoms with Gasteiger partial charge in [0, 0.05) is 32.7 Å². The summed E-state index contributed by atoms with van der Waals surface area (Å²) in [6, 6.07) is -0.143. The lowest BCUT2D eigenvalue weighted by Crippen LogP contribution is -2.56. The molecule has 0 spiro atoms. The van der Waals surface area contributed by atoms with E-state index in [2.05, 4.69) is 10.6 Å². The zero-order chi connectivity index (χ0) is 11.8. The Morgan fingerprint density at radius 2 is 2.00 bits per heavy atom. The second-order valence-electron chi connectivity index (χ2n) is 5.43. The largest absolute Gasteiger partial charge is 0.375 e. The number of nitrogens with zero attached hydrogens (tertiary/aromatic N) is 1. The zero-order valence-electron chi connectivity index (χ0n) is 10.3. The Labute approximate surface area is 102 Å². The molecule has 0 saturated carbocycles. The Hall–Kier alpha value is -0.650. The molecule has 96 valence electrons. The van der Waals surface area contributed by atoms with Gasteiger partial charge in [0.15, 0.2) is 0 Å². The summed E-state index contributed by atoms with van der Waals surface area (Å²) in [6.45, 7) is 7.44. The van der Waals surface area contributed by atoms with Crippen molar-refractivity contribution in [2.75, 3.05) is 39.3 Å². The van der Waals surface area contributed by atoms with Gasteiger partial charge in [0.25, 0.3) is 0 Å². The first-order valence-corrected chi connectivity index (χ1v) is 6.60. The molecular formula is C12H21N3O2. The summed E-state index contributed by atoms with van der Waals surface area (Å²) in [5, 5.41) is 6.67. The summed E-state index contributed by atoms with van der Waals surface area (Å²) in [6.07, 6.45) is -0.00480. The maximum Gasteiger partial charge on any atom is 0.242 e. The van der Waals surface area contributed by atoms with E-state index in [4.69, 9.17) is 4.74 Å². The van der Waals surface area contributed by atoms with Crippen molar-refractivity contribution in [3.05, 3.63) is 0 Å². The number of ether oxygens (including phenoxy) is 1.